The molecule has 4 rings (SSSR count). The van der Waals surface area contributed by atoms with Crippen molar-refractivity contribution in [3.8, 4) is 0 Å². The Bertz CT molecular complexity index is 1570. The van der Waals surface area contributed by atoms with Gasteiger partial charge in [0, 0.05) is 18.4 Å². The molecule has 2 N–H and O–H groups in total. The van der Waals surface area contributed by atoms with Crippen LogP contribution in [-0.2, 0) is 20.0 Å². The Morgan fingerprint density at radius 1 is 0.639 bits per heavy atom. The first-order valence-corrected chi connectivity index (χ1v) is 13.7. The lowest BCUT2D eigenvalue weighted by atomic mass is 10.1. The highest BCUT2D eigenvalue weighted by molar-refractivity contribution is 7.93. The minimum absolute atomic E-state index is 0.0263. The van der Waals surface area contributed by atoms with Gasteiger partial charge >= 0.3 is 0 Å². The molecule has 184 valence electrons. The second kappa shape index (κ2) is 10.2. The fourth-order valence-corrected chi connectivity index (χ4v) is 5.75. The molecule has 1 amide bonds. The molecule has 0 fully saturated rings. The second-order valence-electron chi connectivity index (χ2n) is 7.75. The largest absolute Gasteiger partial charge is 0.322 e. The van der Waals surface area contributed by atoms with Crippen LogP contribution in [0.25, 0.3) is 0 Å². The minimum Gasteiger partial charge on any atom is -0.322 e. The first-order valence-electron chi connectivity index (χ1n) is 10.8. The van der Waals surface area contributed by atoms with Crippen molar-refractivity contribution in [2.45, 2.75) is 9.79 Å². The van der Waals surface area contributed by atoms with E-state index in [0.717, 1.165) is 4.31 Å². The fourth-order valence-electron chi connectivity index (χ4n) is 3.46. The second-order valence-corrected chi connectivity index (χ2v) is 11.4. The average Bonchev–Trinajstić information content (AvgIpc) is 2.89. The van der Waals surface area contributed by atoms with E-state index in [9.17, 15) is 21.6 Å². The molecule has 8 nitrogen and oxygen atoms in total. The van der Waals surface area contributed by atoms with E-state index >= 15 is 0 Å². The molecule has 0 radical (unpaired) electrons. The Hall–Kier alpha value is -4.15. The van der Waals surface area contributed by atoms with E-state index in [2.05, 4.69) is 10.0 Å². The standard InChI is InChI=1S/C26H23N3O5S2/c1-29(36(33,34)23-12-6-3-7-13-23)25-15-9-8-14-24(25)26(30)27-20-16-18-22(19-17-20)35(31,32)28-21-10-4-2-5-11-21/h2-19,28H,1H3,(H,27,30). The molecule has 0 bridgehead atoms. The SMILES string of the molecule is CN(c1ccccc1C(=O)Nc1ccc(S(=O)(=O)Nc2ccccc2)cc1)S(=O)(=O)c1ccccc1. The lowest BCUT2D eigenvalue weighted by Crippen LogP contribution is -2.29. The van der Waals surface area contributed by atoms with Gasteiger partial charge in [-0.15, -0.1) is 0 Å². The third-order valence-corrected chi connectivity index (χ3v) is 8.52. The summed E-state index contributed by atoms with van der Waals surface area (Å²) in [4.78, 5) is 13.2. The highest BCUT2D eigenvalue weighted by Gasteiger charge is 2.25. The van der Waals surface area contributed by atoms with Crippen LogP contribution < -0.4 is 14.3 Å². The maximum absolute atomic E-state index is 13.1. The van der Waals surface area contributed by atoms with Gasteiger partial charge in [-0.25, -0.2) is 16.8 Å². The normalized spacial score (nSPS) is 11.5. The number of anilines is 3. The summed E-state index contributed by atoms with van der Waals surface area (Å²) in [5.41, 5.74) is 1.12. The number of sulfonamides is 2. The van der Waals surface area contributed by atoms with Crippen LogP contribution in [0.4, 0.5) is 17.1 Å². The smallest absolute Gasteiger partial charge is 0.264 e. The van der Waals surface area contributed by atoms with Crippen molar-refractivity contribution in [2.24, 2.45) is 0 Å². The van der Waals surface area contributed by atoms with Gasteiger partial charge in [0.05, 0.1) is 21.0 Å². The zero-order chi connectivity index (χ0) is 25.8. The summed E-state index contributed by atoms with van der Waals surface area (Å²) in [6.45, 7) is 0. The van der Waals surface area contributed by atoms with Gasteiger partial charge in [-0.05, 0) is 60.7 Å². The van der Waals surface area contributed by atoms with E-state index in [1.54, 1.807) is 66.7 Å². The van der Waals surface area contributed by atoms with E-state index in [4.69, 9.17) is 0 Å². The van der Waals surface area contributed by atoms with Crippen LogP contribution in [0, 0.1) is 0 Å². The summed E-state index contributed by atoms with van der Waals surface area (Å²) in [5.74, 6) is -0.543. The van der Waals surface area contributed by atoms with Crippen LogP contribution in [-0.4, -0.2) is 29.8 Å². The quantitative estimate of drug-likeness (QED) is 0.353. The van der Waals surface area contributed by atoms with Gasteiger partial charge in [0.25, 0.3) is 26.0 Å². The minimum atomic E-state index is -3.89. The van der Waals surface area contributed by atoms with Crippen LogP contribution in [0.15, 0.2) is 119 Å². The molecule has 0 aliphatic carbocycles. The third-order valence-electron chi connectivity index (χ3n) is 5.34. The molecular formula is C26H23N3O5S2. The Kier molecular flexibility index (Phi) is 7.09. The number of hydrogen-bond donors (Lipinski definition) is 2. The van der Waals surface area contributed by atoms with Crippen LogP contribution in [0.2, 0.25) is 0 Å². The summed E-state index contributed by atoms with van der Waals surface area (Å²) in [6.07, 6.45) is 0. The Balaban J connectivity index is 1.54. The van der Waals surface area contributed by atoms with Crippen molar-refractivity contribution in [3.63, 3.8) is 0 Å². The van der Waals surface area contributed by atoms with E-state index < -0.39 is 26.0 Å². The molecule has 36 heavy (non-hydrogen) atoms. The van der Waals surface area contributed by atoms with Gasteiger partial charge in [-0.1, -0.05) is 48.5 Å². The molecule has 0 aliphatic heterocycles. The van der Waals surface area contributed by atoms with E-state index in [-0.39, 0.29) is 21.0 Å². The molecule has 0 spiro atoms. The van der Waals surface area contributed by atoms with Crippen LogP contribution in [0.1, 0.15) is 10.4 Å². The number of benzene rings is 4. The molecule has 0 saturated heterocycles. The maximum atomic E-state index is 13.1. The van der Waals surface area contributed by atoms with Gasteiger partial charge in [0.2, 0.25) is 0 Å². The van der Waals surface area contributed by atoms with Crippen molar-refractivity contribution in [1.29, 1.82) is 0 Å². The van der Waals surface area contributed by atoms with Crippen molar-refractivity contribution < 1.29 is 21.6 Å². The molecule has 0 atom stereocenters. The maximum Gasteiger partial charge on any atom is 0.264 e. The molecule has 10 heteroatoms. The van der Waals surface area contributed by atoms with Crippen molar-refractivity contribution in [1.82, 2.24) is 0 Å². The number of nitrogens with one attached hydrogen (secondary N) is 2. The lowest BCUT2D eigenvalue weighted by Gasteiger charge is -2.22. The van der Waals surface area contributed by atoms with E-state index in [1.807, 2.05) is 0 Å². The number of rotatable bonds is 8. The molecule has 0 aromatic heterocycles. The first kappa shape index (κ1) is 25.0. The summed E-state index contributed by atoms with van der Waals surface area (Å²) in [6, 6.07) is 28.4. The fraction of sp³-hybridized carbons (Fsp3) is 0.0385. The summed E-state index contributed by atoms with van der Waals surface area (Å²) >= 11 is 0. The average molecular weight is 522 g/mol. The van der Waals surface area contributed by atoms with Crippen molar-refractivity contribution >= 4 is 43.0 Å². The van der Waals surface area contributed by atoms with E-state index in [1.165, 1.54) is 49.5 Å². The van der Waals surface area contributed by atoms with Gasteiger partial charge in [0.15, 0.2) is 0 Å². The zero-order valence-electron chi connectivity index (χ0n) is 19.2. The molecule has 0 saturated carbocycles. The third kappa shape index (κ3) is 5.40. The predicted molar refractivity (Wildman–Crippen MR) is 140 cm³/mol. The number of hydrogen-bond acceptors (Lipinski definition) is 5. The molecule has 4 aromatic carbocycles. The Morgan fingerprint density at radius 3 is 1.83 bits per heavy atom. The molecule has 0 aliphatic rings. The molecule has 0 heterocycles. The number of nitrogens with zero attached hydrogens (tertiary/aromatic N) is 1. The predicted octanol–water partition coefficient (Wildman–Crippen LogP) is 4.56. The summed E-state index contributed by atoms with van der Waals surface area (Å²) in [7, 11) is -6.31. The summed E-state index contributed by atoms with van der Waals surface area (Å²) in [5, 5.41) is 2.70. The highest BCUT2D eigenvalue weighted by Crippen LogP contribution is 2.27. The molecule has 4 aromatic rings. The molecule has 0 unspecified atom stereocenters. The van der Waals surface area contributed by atoms with Gasteiger partial charge in [-0.3, -0.25) is 13.8 Å². The van der Waals surface area contributed by atoms with Gasteiger partial charge < -0.3 is 5.32 Å². The Morgan fingerprint density at radius 2 is 1.19 bits per heavy atom. The van der Waals surface area contributed by atoms with Crippen LogP contribution in [0.3, 0.4) is 0 Å². The summed E-state index contributed by atoms with van der Waals surface area (Å²) < 4.78 is 54.9. The van der Waals surface area contributed by atoms with Crippen LogP contribution in [0.5, 0.6) is 0 Å². The van der Waals surface area contributed by atoms with E-state index in [0.29, 0.717) is 11.4 Å². The van der Waals surface area contributed by atoms with Gasteiger partial charge in [0.1, 0.15) is 0 Å². The zero-order valence-corrected chi connectivity index (χ0v) is 20.8. The lowest BCUT2D eigenvalue weighted by molar-refractivity contribution is 0.102. The number of para-hydroxylation sites is 2. The number of amides is 1. The van der Waals surface area contributed by atoms with Gasteiger partial charge in [-0.2, -0.15) is 0 Å². The number of carbonyl (C=O) groups excluding carboxylic acids is 1. The number of carbonyl (C=O) groups is 1. The van der Waals surface area contributed by atoms with Crippen molar-refractivity contribution in [2.75, 3.05) is 21.4 Å². The topological polar surface area (TPSA) is 113 Å². The first-order chi connectivity index (χ1) is 17.2. The van der Waals surface area contributed by atoms with Crippen LogP contribution >= 0.6 is 0 Å². The molecular weight excluding hydrogens is 498 g/mol. The Labute approximate surface area is 210 Å². The van der Waals surface area contributed by atoms with Crippen molar-refractivity contribution in [3.05, 3.63) is 115 Å². The monoisotopic (exact) mass is 521 g/mol. The highest BCUT2D eigenvalue weighted by atomic mass is 32.2.